The van der Waals surface area contributed by atoms with E-state index in [2.05, 4.69) is 10.6 Å². The molecule has 0 aromatic heterocycles. The predicted molar refractivity (Wildman–Crippen MR) is 62.7 cm³/mol. The molecular weight excluding hydrogens is 172 g/mol. The van der Waals surface area contributed by atoms with Crippen molar-refractivity contribution in [1.29, 1.82) is 0 Å². The third-order valence-electron chi connectivity index (χ3n) is 2.91. The molecule has 2 nitrogen and oxygen atoms in total. The molecule has 0 spiro atoms. The van der Waals surface area contributed by atoms with Crippen LogP contribution in [0.1, 0.15) is 51.4 Å². The highest BCUT2D eigenvalue weighted by Gasteiger charge is 1.94. The largest absolute Gasteiger partial charge is 0.317 e. The Labute approximate surface area is 88.8 Å². The van der Waals surface area contributed by atoms with Crippen molar-refractivity contribution in [3.8, 4) is 0 Å². The van der Waals surface area contributed by atoms with Crippen LogP contribution >= 0.6 is 0 Å². The van der Waals surface area contributed by atoms with Gasteiger partial charge in [0, 0.05) is 0 Å². The molecule has 0 atom stereocenters. The van der Waals surface area contributed by atoms with Crippen LogP contribution in [-0.4, -0.2) is 26.2 Å². The fraction of sp³-hybridized carbons (Fsp3) is 1.00. The number of hydrogen-bond donors (Lipinski definition) is 2. The number of rotatable bonds is 0. The van der Waals surface area contributed by atoms with Crippen LogP contribution in [0.5, 0.6) is 0 Å². The van der Waals surface area contributed by atoms with Crippen molar-refractivity contribution in [2.24, 2.45) is 0 Å². The second-order valence-electron chi connectivity index (χ2n) is 4.33. The summed E-state index contributed by atoms with van der Waals surface area (Å²) in [6.07, 6.45) is 11.0. The Hall–Kier alpha value is -0.0800. The third kappa shape index (κ3) is 7.34. The van der Waals surface area contributed by atoms with Crippen molar-refractivity contribution in [3.05, 3.63) is 0 Å². The minimum atomic E-state index is 1.22. The van der Waals surface area contributed by atoms with Crippen LogP contribution in [0.2, 0.25) is 0 Å². The molecule has 0 unspecified atom stereocenters. The van der Waals surface area contributed by atoms with Crippen LogP contribution in [0.15, 0.2) is 0 Å². The Morgan fingerprint density at radius 3 is 1.07 bits per heavy atom. The van der Waals surface area contributed by atoms with Crippen LogP contribution in [0.3, 0.4) is 0 Å². The SMILES string of the molecule is C1CCCNCCCCCNCCC1. The Morgan fingerprint density at radius 2 is 0.643 bits per heavy atom. The zero-order chi connectivity index (χ0) is 9.90. The van der Waals surface area contributed by atoms with Gasteiger partial charge in [-0.15, -0.1) is 0 Å². The zero-order valence-corrected chi connectivity index (χ0v) is 9.49. The highest BCUT2D eigenvalue weighted by molar-refractivity contribution is 4.55. The lowest BCUT2D eigenvalue weighted by molar-refractivity contribution is 0.518. The molecule has 1 fully saturated rings. The fourth-order valence-corrected chi connectivity index (χ4v) is 1.96. The van der Waals surface area contributed by atoms with Gasteiger partial charge in [-0.1, -0.05) is 25.7 Å². The molecule has 0 aromatic rings. The molecule has 14 heavy (non-hydrogen) atoms. The first-order chi connectivity index (χ1) is 7.00. The van der Waals surface area contributed by atoms with Gasteiger partial charge in [0.05, 0.1) is 0 Å². The summed E-state index contributed by atoms with van der Waals surface area (Å²) in [5.74, 6) is 0. The van der Waals surface area contributed by atoms with E-state index in [4.69, 9.17) is 0 Å². The standard InChI is InChI=1S/C12H26N2/c1-2-5-9-13-11-7-4-8-12-14-10-6-3-1/h13-14H,1-12H2. The average molecular weight is 198 g/mol. The van der Waals surface area contributed by atoms with Crippen LogP contribution in [0.25, 0.3) is 0 Å². The van der Waals surface area contributed by atoms with Crippen molar-refractivity contribution in [2.75, 3.05) is 26.2 Å². The van der Waals surface area contributed by atoms with Gasteiger partial charge in [-0.25, -0.2) is 0 Å². The maximum absolute atomic E-state index is 3.52. The third-order valence-corrected chi connectivity index (χ3v) is 2.91. The second-order valence-corrected chi connectivity index (χ2v) is 4.33. The molecule has 2 N–H and O–H groups in total. The van der Waals surface area contributed by atoms with Gasteiger partial charge in [0.2, 0.25) is 0 Å². The van der Waals surface area contributed by atoms with Crippen molar-refractivity contribution in [2.45, 2.75) is 51.4 Å². The van der Waals surface area contributed by atoms with Gasteiger partial charge in [-0.3, -0.25) is 0 Å². The zero-order valence-electron chi connectivity index (χ0n) is 9.49. The molecule has 0 bridgehead atoms. The van der Waals surface area contributed by atoms with Gasteiger partial charge in [0.25, 0.3) is 0 Å². The lowest BCUT2D eigenvalue weighted by Gasteiger charge is -2.08. The van der Waals surface area contributed by atoms with E-state index >= 15 is 0 Å². The van der Waals surface area contributed by atoms with Gasteiger partial charge in [0.1, 0.15) is 0 Å². The van der Waals surface area contributed by atoms with Gasteiger partial charge in [-0.05, 0) is 51.9 Å². The summed E-state index contributed by atoms with van der Waals surface area (Å²) in [6.45, 7) is 4.91. The molecule has 1 aliphatic rings. The molecule has 0 saturated carbocycles. The van der Waals surface area contributed by atoms with E-state index in [1.54, 1.807) is 0 Å². The van der Waals surface area contributed by atoms with Crippen molar-refractivity contribution in [1.82, 2.24) is 10.6 Å². The lowest BCUT2D eigenvalue weighted by Crippen LogP contribution is -2.19. The Kier molecular flexibility index (Phi) is 8.12. The summed E-state index contributed by atoms with van der Waals surface area (Å²) in [4.78, 5) is 0. The Bertz CT molecular complexity index is 61.6. The van der Waals surface area contributed by atoms with Crippen LogP contribution in [0, 0.1) is 0 Å². The van der Waals surface area contributed by atoms with Crippen LogP contribution in [-0.2, 0) is 0 Å². The lowest BCUT2D eigenvalue weighted by atomic mass is 10.1. The van der Waals surface area contributed by atoms with Gasteiger partial charge < -0.3 is 10.6 Å². The van der Waals surface area contributed by atoms with E-state index in [9.17, 15) is 0 Å². The first kappa shape index (κ1) is 12.0. The van der Waals surface area contributed by atoms with Crippen molar-refractivity contribution >= 4 is 0 Å². The highest BCUT2D eigenvalue weighted by Crippen LogP contribution is 2.02. The summed E-state index contributed by atoms with van der Waals surface area (Å²) >= 11 is 0. The molecule has 0 aliphatic carbocycles. The summed E-state index contributed by atoms with van der Waals surface area (Å²) in [6, 6.07) is 0. The monoisotopic (exact) mass is 198 g/mol. The highest BCUT2D eigenvalue weighted by atomic mass is 14.9. The van der Waals surface area contributed by atoms with Gasteiger partial charge in [0.15, 0.2) is 0 Å². The van der Waals surface area contributed by atoms with E-state index < -0.39 is 0 Å². The minimum Gasteiger partial charge on any atom is -0.317 e. The first-order valence-electron chi connectivity index (χ1n) is 6.41. The van der Waals surface area contributed by atoms with E-state index in [-0.39, 0.29) is 0 Å². The molecule has 1 saturated heterocycles. The van der Waals surface area contributed by atoms with Gasteiger partial charge in [-0.2, -0.15) is 0 Å². The van der Waals surface area contributed by atoms with Crippen molar-refractivity contribution < 1.29 is 0 Å². The maximum atomic E-state index is 3.52. The molecule has 0 radical (unpaired) electrons. The van der Waals surface area contributed by atoms with E-state index in [1.807, 2.05) is 0 Å². The fourth-order valence-electron chi connectivity index (χ4n) is 1.96. The summed E-state index contributed by atoms with van der Waals surface area (Å²) in [5.41, 5.74) is 0. The van der Waals surface area contributed by atoms with Crippen LogP contribution in [0.4, 0.5) is 0 Å². The van der Waals surface area contributed by atoms with Gasteiger partial charge >= 0.3 is 0 Å². The smallest absolute Gasteiger partial charge is 0.00489 e. The Morgan fingerprint density at radius 1 is 0.357 bits per heavy atom. The molecule has 0 amide bonds. The average Bonchev–Trinajstić information content (AvgIpc) is 2.22. The van der Waals surface area contributed by atoms with Crippen LogP contribution < -0.4 is 10.6 Å². The molecule has 2 heteroatoms. The Balaban J connectivity index is 2.00. The van der Waals surface area contributed by atoms with E-state index in [1.165, 1.54) is 77.5 Å². The number of hydrogen-bond acceptors (Lipinski definition) is 2. The summed E-state index contributed by atoms with van der Waals surface area (Å²) < 4.78 is 0. The summed E-state index contributed by atoms with van der Waals surface area (Å²) in [5, 5.41) is 7.04. The first-order valence-corrected chi connectivity index (χ1v) is 6.41. The quantitative estimate of drug-likeness (QED) is 0.624. The maximum Gasteiger partial charge on any atom is -0.00489 e. The number of nitrogens with one attached hydrogen (secondary N) is 2. The molecular formula is C12H26N2. The minimum absolute atomic E-state index is 1.22. The topological polar surface area (TPSA) is 24.1 Å². The second kappa shape index (κ2) is 9.47. The van der Waals surface area contributed by atoms with Crippen molar-refractivity contribution in [3.63, 3.8) is 0 Å². The molecule has 0 aromatic carbocycles. The molecule has 1 rings (SSSR count). The normalized spacial score (nSPS) is 24.0. The molecule has 1 aliphatic heterocycles. The predicted octanol–water partition coefficient (Wildman–Crippen LogP) is 2.30. The van der Waals surface area contributed by atoms with E-state index in [0.29, 0.717) is 0 Å². The summed E-state index contributed by atoms with van der Waals surface area (Å²) in [7, 11) is 0. The molecule has 84 valence electrons. The molecule has 1 heterocycles. The van der Waals surface area contributed by atoms with E-state index in [0.717, 1.165) is 0 Å².